The van der Waals surface area contributed by atoms with Gasteiger partial charge in [0.2, 0.25) is 5.91 Å². The van der Waals surface area contributed by atoms with Gasteiger partial charge in [0.15, 0.2) is 5.13 Å². The number of anilines is 2. The summed E-state index contributed by atoms with van der Waals surface area (Å²) in [5.74, 6) is 0.507. The number of para-hydroxylation sites is 1. The number of aromatic nitrogens is 1. The van der Waals surface area contributed by atoms with Gasteiger partial charge in [0.25, 0.3) is 0 Å². The van der Waals surface area contributed by atoms with Gasteiger partial charge in [-0.1, -0.05) is 42.5 Å². The number of carbonyl (C=O) groups excluding carboxylic acids is 1. The van der Waals surface area contributed by atoms with E-state index < -0.39 is 0 Å². The van der Waals surface area contributed by atoms with Gasteiger partial charge in [0.05, 0.1) is 24.4 Å². The Morgan fingerprint density at radius 3 is 2.45 bits per heavy atom. The monoisotopic (exact) mass is 402 g/mol. The first-order valence-corrected chi connectivity index (χ1v) is 10.3. The van der Waals surface area contributed by atoms with Crippen molar-refractivity contribution < 1.29 is 9.53 Å². The topological polar surface area (TPSA) is 42.4 Å². The van der Waals surface area contributed by atoms with Gasteiger partial charge in [0, 0.05) is 5.38 Å². The van der Waals surface area contributed by atoms with E-state index in [0.717, 1.165) is 33.5 Å². The molecule has 1 atom stereocenters. The number of rotatable bonds is 5. The first kappa shape index (κ1) is 19.2. The number of nitrogens with zero attached hydrogens (tertiary/aromatic N) is 2. The first-order chi connectivity index (χ1) is 14.1. The molecule has 0 aliphatic carbocycles. The van der Waals surface area contributed by atoms with E-state index in [1.54, 1.807) is 12.0 Å². The number of amides is 1. The number of methoxy groups -OCH3 is 1. The van der Waals surface area contributed by atoms with Crippen molar-refractivity contribution in [2.24, 2.45) is 0 Å². The second-order valence-corrected chi connectivity index (χ2v) is 7.81. The predicted molar refractivity (Wildman–Crippen MR) is 119 cm³/mol. The highest BCUT2D eigenvalue weighted by atomic mass is 32.1. The third-order valence-electron chi connectivity index (χ3n) is 4.97. The molecule has 0 radical (unpaired) electrons. The molecule has 0 fully saturated rings. The van der Waals surface area contributed by atoms with E-state index in [2.05, 4.69) is 11.1 Å². The zero-order chi connectivity index (χ0) is 20.4. The minimum absolute atomic E-state index is 0.00147. The van der Waals surface area contributed by atoms with Crippen LogP contribution in [0.5, 0.6) is 5.75 Å². The van der Waals surface area contributed by atoms with E-state index >= 15 is 0 Å². The summed E-state index contributed by atoms with van der Waals surface area (Å²) >= 11 is 1.48. The second-order valence-electron chi connectivity index (χ2n) is 6.97. The lowest BCUT2D eigenvalue weighted by Crippen LogP contribution is -2.30. The Hall–Kier alpha value is -3.18. The predicted octanol–water partition coefficient (Wildman–Crippen LogP) is 6.08. The number of ether oxygens (including phenoxy) is 1. The third kappa shape index (κ3) is 3.87. The highest BCUT2D eigenvalue weighted by Crippen LogP contribution is 2.33. The molecule has 0 N–H and O–H groups in total. The van der Waals surface area contributed by atoms with E-state index in [4.69, 9.17) is 4.74 Å². The summed E-state index contributed by atoms with van der Waals surface area (Å²) in [5, 5.41) is 4.82. The Morgan fingerprint density at radius 2 is 1.76 bits per heavy atom. The molecule has 146 valence electrons. The van der Waals surface area contributed by atoms with E-state index in [-0.39, 0.29) is 11.8 Å². The summed E-state index contributed by atoms with van der Waals surface area (Å²) in [6.45, 7) is 3.89. The Kier molecular flexibility index (Phi) is 5.32. The normalized spacial score (nSPS) is 12.0. The molecule has 5 heteroatoms. The molecule has 1 amide bonds. The lowest BCUT2D eigenvalue weighted by atomic mass is 9.96. The zero-order valence-electron chi connectivity index (χ0n) is 16.6. The molecule has 3 aromatic carbocycles. The molecule has 1 aromatic heterocycles. The molecule has 0 aliphatic heterocycles. The molecule has 0 unspecified atom stereocenters. The number of fused-ring (bicyclic) bond motifs is 1. The van der Waals surface area contributed by atoms with Gasteiger partial charge in [-0.15, -0.1) is 11.3 Å². The molecule has 4 rings (SSSR count). The standard InChI is InChI=1S/C24H22N2O2S/c1-16-15-29-24(25-16)26(21-7-5-4-6-8-21)23(27)17(2)18-9-10-20-14-22(28-3)12-11-19(20)13-18/h4-15,17H,1-3H3/t17-/m0/s1. The SMILES string of the molecule is COc1ccc2cc([C@H](C)C(=O)N(c3ccccc3)c3nc(C)cs3)ccc2c1. The molecule has 1 heterocycles. The number of hydrogen-bond donors (Lipinski definition) is 0. The molecule has 0 aliphatic rings. The van der Waals surface area contributed by atoms with Crippen molar-refractivity contribution in [3.05, 3.63) is 83.4 Å². The average molecular weight is 403 g/mol. The quantitative estimate of drug-likeness (QED) is 0.406. The molecular formula is C24H22N2O2S. The van der Waals surface area contributed by atoms with Crippen molar-refractivity contribution in [1.29, 1.82) is 0 Å². The van der Waals surface area contributed by atoms with E-state index in [1.807, 2.05) is 79.9 Å². The van der Waals surface area contributed by atoms with E-state index in [1.165, 1.54) is 11.3 Å². The summed E-state index contributed by atoms with van der Waals surface area (Å²) in [6.07, 6.45) is 0. The Labute approximate surface area is 174 Å². The highest BCUT2D eigenvalue weighted by Gasteiger charge is 2.27. The summed E-state index contributed by atoms with van der Waals surface area (Å²) in [5.41, 5.74) is 2.71. The lowest BCUT2D eigenvalue weighted by molar-refractivity contribution is -0.119. The molecule has 0 bridgehead atoms. The van der Waals surface area contributed by atoms with Crippen LogP contribution in [0.25, 0.3) is 10.8 Å². The molecule has 29 heavy (non-hydrogen) atoms. The third-order valence-corrected chi connectivity index (χ3v) is 5.92. The van der Waals surface area contributed by atoms with Crippen LogP contribution in [0.4, 0.5) is 10.8 Å². The molecule has 0 saturated carbocycles. The number of aryl methyl sites for hydroxylation is 1. The first-order valence-electron chi connectivity index (χ1n) is 9.45. The minimum atomic E-state index is -0.314. The van der Waals surface area contributed by atoms with Crippen LogP contribution in [0, 0.1) is 6.92 Å². The van der Waals surface area contributed by atoms with Crippen molar-refractivity contribution >= 4 is 38.8 Å². The van der Waals surface area contributed by atoms with Crippen LogP contribution >= 0.6 is 11.3 Å². The molecule has 4 aromatic rings. The van der Waals surface area contributed by atoms with Crippen molar-refractivity contribution in [1.82, 2.24) is 4.98 Å². The van der Waals surface area contributed by atoms with E-state index in [0.29, 0.717) is 5.13 Å². The van der Waals surface area contributed by atoms with Gasteiger partial charge < -0.3 is 4.74 Å². The largest absolute Gasteiger partial charge is 0.497 e. The summed E-state index contributed by atoms with van der Waals surface area (Å²) in [7, 11) is 1.66. The van der Waals surface area contributed by atoms with Crippen LogP contribution in [0.2, 0.25) is 0 Å². The fraction of sp³-hybridized carbons (Fsp3) is 0.167. The van der Waals surface area contributed by atoms with Gasteiger partial charge in [-0.2, -0.15) is 0 Å². The summed E-state index contributed by atoms with van der Waals surface area (Å²) < 4.78 is 5.30. The van der Waals surface area contributed by atoms with Gasteiger partial charge in [-0.3, -0.25) is 9.69 Å². The molecule has 4 nitrogen and oxygen atoms in total. The Bertz CT molecular complexity index is 1150. The number of hydrogen-bond acceptors (Lipinski definition) is 4. The van der Waals surface area contributed by atoms with Crippen molar-refractivity contribution in [3.8, 4) is 5.75 Å². The smallest absolute Gasteiger partial charge is 0.240 e. The molecular weight excluding hydrogens is 380 g/mol. The van der Waals surface area contributed by atoms with Crippen molar-refractivity contribution in [2.75, 3.05) is 12.0 Å². The van der Waals surface area contributed by atoms with Crippen LogP contribution < -0.4 is 9.64 Å². The number of carbonyl (C=O) groups is 1. The van der Waals surface area contributed by atoms with Gasteiger partial charge in [0.1, 0.15) is 5.75 Å². The maximum atomic E-state index is 13.6. The van der Waals surface area contributed by atoms with Crippen molar-refractivity contribution in [2.45, 2.75) is 19.8 Å². The van der Waals surface area contributed by atoms with Crippen LogP contribution in [0.3, 0.4) is 0 Å². The number of thiazole rings is 1. The van der Waals surface area contributed by atoms with Crippen molar-refractivity contribution in [3.63, 3.8) is 0 Å². The van der Waals surface area contributed by atoms with Crippen LogP contribution in [0.1, 0.15) is 24.1 Å². The fourth-order valence-corrected chi connectivity index (χ4v) is 4.15. The van der Waals surface area contributed by atoms with Crippen LogP contribution in [0.15, 0.2) is 72.1 Å². The Balaban J connectivity index is 1.71. The summed E-state index contributed by atoms with van der Waals surface area (Å²) in [4.78, 5) is 19.8. The Morgan fingerprint density at radius 1 is 1.03 bits per heavy atom. The fourth-order valence-electron chi connectivity index (χ4n) is 3.33. The average Bonchev–Trinajstić information content (AvgIpc) is 3.18. The second kappa shape index (κ2) is 8.05. The van der Waals surface area contributed by atoms with Crippen LogP contribution in [-0.2, 0) is 4.79 Å². The number of benzene rings is 3. The maximum absolute atomic E-state index is 13.6. The van der Waals surface area contributed by atoms with Gasteiger partial charge >= 0.3 is 0 Å². The zero-order valence-corrected chi connectivity index (χ0v) is 17.4. The lowest BCUT2D eigenvalue weighted by Gasteiger charge is -2.24. The minimum Gasteiger partial charge on any atom is -0.497 e. The highest BCUT2D eigenvalue weighted by molar-refractivity contribution is 7.14. The van der Waals surface area contributed by atoms with E-state index in [9.17, 15) is 4.79 Å². The maximum Gasteiger partial charge on any atom is 0.240 e. The summed E-state index contributed by atoms with van der Waals surface area (Å²) in [6, 6.07) is 21.8. The van der Waals surface area contributed by atoms with Gasteiger partial charge in [-0.05, 0) is 54.4 Å². The molecule has 0 saturated heterocycles. The van der Waals surface area contributed by atoms with Crippen LogP contribution in [-0.4, -0.2) is 18.0 Å². The van der Waals surface area contributed by atoms with Gasteiger partial charge in [-0.25, -0.2) is 4.98 Å². The molecule has 0 spiro atoms.